The molecule has 4 aromatic rings. The summed E-state index contributed by atoms with van der Waals surface area (Å²) >= 11 is 1.61. The molecule has 1 amide bonds. The molecule has 0 aliphatic carbocycles. The van der Waals surface area contributed by atoms with Crippen LogP contribution in [0.25, 0.3) is 16.1 Å². The lowest BCUT2D eigenvalue weighted by Gasteiger charge is -2.13. The summed E-state index contributed by atoms with van der Waals surface area (Å²) in [5.41, 5.74) is 1.85. The Morgan fingerprint density at radius 1 is 1.06 bits per heavy atom. The second-order valence-corrected chi connectivity index (χ2v) is 8.62. The zero-order valence-electron chi connectivity index (χ0n) is 18.2. The van der Waals surface area contributed by atoms with E-state index in [1.807, 2.05) is 38.2 Å². The van der Waals surface area contributed by atoms with Crippen molar-refractivity contribution in [2.45, 2.75) is 19.5 Å². The second kappa shape index (κ2) is 9.89. The summed E-state index contributed by atoms with van der Waals surface area (Å²) in [7, 11) is 1.91. The molecule has 168 valence electrons. The zero-order valence-corrected chi connectivity index (χ0v) is 19.0. The molecule has 2 heterocycles. The standard InChI is InChI=1S/C25H23FN4O2S/c1-16(22-12-13-23(33-22)18-8-4-3-7-17(18)15-27-2)28-25(32)20-11-14-24(31)30(29-20)21-10-6-5-9-19(21)26/h3-14,16,27H,15H2,1-2H3,(H,28,32)/t16-/m1/s1. The molecule has 2 N–H and O–H groups in total. The van der Waals surface area contributed by atoms with Gasteiger partial charge in [0.15, 0.2) is 0 Å². The van der Waals surface area contributed by atoms with Crippen LogP contribution >= 0.6 is 11.3 Å². The third kappa shape index (κ3) is 4.92. The molecule has 0 fully saturated rings. The molecule has 2 aromatic heterocycles. The number of benzene rings is 2. The average Bonchev–Trinajstić information content (AvgIpc) is 3.31. The first kappa shape index (κ1) is 22.6. The molecule has 0 radical (unpaired) electrons. The Kier molecular flexibility index (Phi) is 6.76. The van der Waals surface area contributed by atoms with Gasteiger partial charge in [-0.05, 0) is 55.4 Å². The SMILES string of the molecule is CNCc1ccccc1-c1ccc([C@@H](C)NC(=O)c2ccc(=O)n(-c3ccccc3F)n2)s1. The number of para-hydroxylation sites is 1. The maximum atomic E-state index is 14.1. The number of hydrogen-bond donors (Lipinski definition) is 2. The summed E-state index contributed by atoms with van der Waals surface area (Å²) in [6.45, 7) is 2.65. The van der Waals surface area contributed by atoms with E-state index < -0.39 is 17.3 Å². The van der Waals surface area contributed by atoms with Crippen molar-refractivity contribution in [3.63, 3.8) is 0 Å². The molecular weight excluding hydrogens is 439 g/mol. The summed E-state index contributed by atoms with van der Waals surface area (Å²) in [5, 5.41) is 10.2. The Bertz CT molecular complexity index is 1350. The minimum absolute atomic E-state index is 0.00617. The van der Waals surface area contributed by atoms with Crippen LogP contribution < -0.4 is 16.2 Å². The van der Waals surface area contributed by atoms with Gasteiger partial charge in [0.05, 0.1) is 6.04 Å². The van der Waals surface area contributed by atoms with Crippen molar-refractivity contribution in [3.8, 4) is 16.1 Å². The first-order valence-electron chi connectivity index (χ1n) is 10.5. The molecule has 2 aromatic carbocycles. The fourth-order valence-corrected chi connectivity index (χ4v) is 4.58. The van der Waals surface area contributed by atoms with E-state index in [9.17, 15) is 14.0 Å². The molecule has 0 bridgehead atoms. The zero-order chi connectivity index (χ0) is 23.4. The van der Waals surface area contributed by atoms with Crippen LogP contribution in [0.3, 0.4) is 0 Å². The van der Waals surface area contributed by atoms with Gasteiger partial charge in [0.1, 0.15) is 17.2 Å². The van der Waals surface area contributed by atoms with Crippen molar-refractivity contribution in [1.82, 2.24) is 20.4 Å². The van der Waals surface area contributed by atoms with E-state index in [0.717, 1.165) is 26.5 Å². The van der Waals surface area contributed by atoms with E-state index in [2.05, 4.69) is 27.9 Å². The number of hydrogen-bond acceptors (Lipinski definition) is 5. The van der Waals surface area contributed by atoms with Crippen molar-refractivity contribution >= 4 is 17.2 Å². The summed E-state index contributed by atoms with van der Waals surface area (Å²) in [4.78, 5) is 27.1. The van der Waals surface area contributed by atoms with Crippen LogP contribution in [0.2, 0.25) is 0 Å². The fraction of sp³-hybridized carbons (Fsp3) is 0.160. The lowest BCUT2D eigenvalue weighted by molar-refractivity contribution is 0.0933. The van der Waals surface area contributed by atoms with E-state index in [4.69, 9.17) is 0 Å². The van der Waals surface area contributed by atoms with Gasteiger partial charge in [0, 0.05) is 22.4 Å². The third-order valence-electron chi connectivity index (χ3n) is 5.16. The highest BCUT2D eigenvalue weighted by atomic mass is 32.1. The summed E-state index contributed by atoms with van der Waals surface area (Å²) < 4.78 is 15.0. The highest BCUT2D eigenvalue weighted by Gasteiger charge is 2.17. The molecule has 0 saturated heterocycles. The number of carbonyl (C=O) groups is 1. The van der Waals surface area contributed by atoms with Gasteiger partial charge in [-0.2, -0.15) is 9.78 Å². The Labute approximate surface area is 194 Å². The Balaban J connectivity index is 1.54. The van der Waals surface area contributed by atoms with Gasteiger partial charge < -0.3 is 10.6 Å². The number of nitrogens with zero attached hydrogens (tertiary/aromatic N) is 2. The monoisotopic (exact) mass is 462 g/mol. The molecule has 0 saturated carbocycles. The Morgan fingerprint density at radius 2 is 1.82 bits per heavy atom. The van der Waals surface area contributed by atoms with Crippen LogP contribution in [0, 0.1) is 5.82 Å². The van der Waals surface area contributed by atoms with Crippen molar-refractivity contribution in [1.29, 1.82) is 0 Å². The average molecular weight is 463 g/mol. The lowest BCUT2D eigenvalue weighted by atomic mass is 10.1. The molecule has 6 nitrogen and oxygen atoms in total. The van der Waals surface area contributed by atoms with Crippen molar-refractivity contribution in [3.05, 3.63) is 105 Å². The third-order valence-corrected chi connectivity index (χ3v) is 6.47. The number of carbonyl (C=O) groups excluding carboxylic acids is 1. The molecule has 0 unspecified atom stereocenters. The summed E-state index contributed by atoms with van der Waals surface area (Å²) in [6, 6.07) is 20.3. The van der Waals surface area contributed by atoms with E-state index in [-0.39, 0.29) is 17.4 Å². The molecule has 33 heavy (non-hydrogen) atoms. The minimum Gasteiger partial charge on any atom is -0.343 e. The second-order valence-electron chi connectivity index (χ2n) is 7.50. The predicted octanol–water partition coefficient (Wildman–Crippen LogP) is 4.31. The van der Waals surface area contributed by atoms with Gasteiger partial charge in [0.25, 0.3) is 11.5 Å². The van der Waals surface area contributed by atoms with Crippen molar-refractivity contribution < 1.29 is 9.18 Å². The van der Waals surface area contributed by atoms with Crippen LogP contribution in [-0.2, 0) is 6.54 Å². The van der Waals surface area contributed by atoms with Gasteiger partial charge in [-0.25, -0.2) is 4.39 Å². The van der Waals surface area contributed by atoms with Crippen LogP contribution in [0.1, 0.15) is 33.9 Å². The lowest BCUT2D eigenvalue weighted by Crippen LogP contribution is -2.30. The van der Waals surface area contributed by atoms with E-state index in [1.165, 1.54) is 35.9 Å². The Morgan fingerprint density at radius 3 is 2.61 bits per heavy atom. The molecule has 8 heteroatoms. The van der Waals surface area contributed by atoms with Crippen LogP contribution in [0.15, 0.2) is 77.6 Å². The summed E-state index contributed by atoms with van der Waals surface area (Å²) in [6.07, 6.45) is 0. The number of rotatable bonds is 7. The number of amides is 1. The van der Waals surface area contributed by atoms with E-state index >= 15 is 0 Å². The topological polar surface area (TPSA) is 76.0 Å². The van der Waals surface area contributed by atoms with Crippen LogP contribution in [0.5, 0.6) is 0 Å². The van der Waals surface area contributed by atoms with Gasteiger partial charge in [0.2, 0.25) is 0 Å². The maximum Gasteiger partial charge on any atom is 0.272 e. The fourth-order valence-electron chi connectivity index (χ4n) is 3.51. The summed E-state index contributed by atoms with van der Waals surface area (Å²) in [5.74, 6) is -1.04. The van der Waals surface area contributed by atoms with Gasteiger partial charge in [-0.1, -0.05) is 36.4 Å². The quantitative estimate of drug-likeness (QED) is 0.429. The number of halogens is 1. The van der Waals surface area contributed by atoms with Crippen molar-refractivity contribution in [2.24, 2.45) is 0 Å². The first-order valence-corrected chi connectivity index (χ1v) is 11.3. The first-order chi connectivity index (χ1) is 16.0. The number of thiophene rings is 1. The van der Waals surface area contributed by atoms with Crippen LogP contribution in [-0.4, -0.2) is 22.7 Å². The van der Waals surface area contributed by atoms with Crippen LogP contribution in [0.4, 0.5) is 4.39 Å². The Hall–Kier alpha value is -3.62. The van der Waals surface area contributed by atoms with Gasteiger partial charge in [-0.15, -0.1) is 11.3 Å². The normalized spacial score (nSPS) is 11.8. The largest absolute Gasteiger partial charge is 0.343 e. The maximum absolute atomic E-state index is 14.1. The minimum atomic E-state index is -0.595. The van der Waals surface area contributed by atoms with Gasteiger partial charge in [-0.3, -0.25) is 9.59 Å². The highest BCUT2D eigenvalue weighted by molar-refractivity contribution is 7.15. The molecular formula is C25H23FN4O2S. The van der Waals surface area contributed by atoms with Crippen molar-refractivity contribution in [2.75, 3.05) is 7.05 Å². The van der Waals surface area contributed by atoms with Gasteiger partial charge >= 0.3 is 0 Å². The predicted molar refractivity (Wildman–Crippen MR) is 128 cm³/mol. The molecule has 0 aliphatic heterocycles. The molecule has 0 aliphatic rings. The number of aromatic nitrogens is 2. The molecule has 4 rings (SSSR count). The molecule has 0 spiro atoms. The number of nitrogens with one attached hydrogen (secondary N) is 2. The highest BCUT2D eigenvalue weighted by Crippen LogP contribution is 2.33. The van der Waals surface area contributed by atoms with E-state index in [1.54, 1.807) is 17.4 Å². The smallest absolute Gasteiger partial charge is 0.272 e. The van der Waals surface area contributed by atoms with E-state index in [0.29, 0.717) is 0 Å². The molecule has 1 atom stereocenters.